The maximum absolute atomic E-state index is 5.70. The van der Waals surface area contributed by atoms with Gasteiger partial charge in [0.05, 0.1) is 6.61 Å². The van der Waals surface area contributed by atoms with Gasteiger partial charge in [-0.2, -0.15) is 11.8 Å². The fourth-order valence-corrected chi connectivity index (χ4v) is 2.36. The van der Waals surface area contributed by atoms with Gasteiger partial charge in [-0.25, -0.2) is 0 Å². The smallest absolute Gasteiger partial charge is 0.195 e. The maximum atomic E-state index is 5.70. The van der Waals surface area contributed by atoms with E-state index >= 15 is 0 Å². The molecule has 0 heterocycles. The highest BCUT2D eigenvalue weighted by atomic mass is 32.2. The lowest BCUT2D eigenvalue weighted by atomic mass is 10.3. The summed E-state index contributed by atoms with van der Waals surface area (Å²) in [5.41, 5.74) is 0.945. The summed E-state index contributed by atoms with van der Waals surface area (Å²) in [5, 5.41) is 6.55. The van der Waals surface area contributed by atoms with Gasteiger partial charge in [-0.15, -0.1) is 6.58 Å². The normalized spacial score (nSPS) is 11.1. The Morgan fingerprint density at radius 1 is 1.39 bits per heavy atom. The van der Waals surface area contributed by atoms with Crippen LogP contribution in [0.2, 0.25) is 0 Å². The molecule has 0 saturated heterocycles. The Balaban J connectivity index is 2.40. The third-order valence-electron chi connectivity index (χ3n) is 2.86. The lowest BCUT2D eigenvalue weighted by Crippen LogP contribution is -2.32. The maximum Gasteiger partial charge on any atom is 0.195 e. The van der Waals surface area contributed by atoms with Crippen molar-refractivity contribution in [1.82, 2.24) is 5.32 Å². The topological polar surface area (TPSA) is 54.9 Å². The van der Waals surface area contributed by atoms with Gasteiger partial charge < -0.3 is 20.1 Å². The van der Waals surface area contributed by atoms with E-state index in [0.29, 0.717) is 13.2 Å². The number of hydrogen-bond donors (Lipinski definition) is 2. The first kappa shape index (κ1) is 19.4. The van der Waals surface area contributed by atoms with E-state index in [0.717, 1.165) is 41.9 Å². The molecule has 0 amide bonds. The van der Waals surface area contributed by atoms with Crippen LogP contribution in [-0.4, -0.2) is 51.4 Å². The van der Waals surface area contributed by atoms with Crippen molar-refractivity contribution in [3.05, 3.63) is 36.9 Å². The molecule has 0 fully saturated rings. The van der Waals surface area contributed by atoms with Crippen molar-refractivity contribution in [2.24, 2.45) is 4.99 Å². The van der Waals surface area contributed by atoms with E-state index < -0.39 is 0 Å². The van der Waals surface area contributed by atoms with E-state index in [1.54, 1.807) is 14.2 Å². The van der Waals surface area contributed by atoms with Gasteiger partial charge >= 0.3 is 0 Å². The van der Waals surface area contributed by atoms with Crippen molar-refractivity contribution in [2.45, 2.75) is 6.42 Å². The van der Waals surface area contributed by atoms with Gasteiger partial charge in [0.2, 0.25) is 0 Å². The molecule has 0 aliphatic heterocycles. The molecule has 6 heteroatoms. The van der Waals surface area contributed by atoms with Crippen LogP contribution < -0.4 is 15.4 Å². The fourth-order valence-electron chi connectivity index (χ4n) is 1.78. The number of rotatable bonds is 11. The SMILES string of the molecule is C=CCSCCNC(=NC)Nc1cccc(OCCCOC)c1. The average Bonchev–Trinajstić information content (AvgIpc) is 2.58. The largest absolute Gasteiger partial charge is 0.493 e. The number of anilines is 1. The third kappa shape index (κ3) is 9.15. The molecule has 0 aliphatic rings. The van der Waals surface area contributed by atoms with E-state index in [9.17, 15) is 0 Å². The molecule has 0 saturated carbocycles. The van der Waals surface area contributed by atoms with Gasteiger partial charge in [-0.1, -0.05) is 12.1 Å². The quantitative estimate of drug-likeness (QED) is 0.281. The number of guanidine groups is 1. The summed E-state index contributed by atoms with van der Waals surface area (Å²) >= 11 is 1.83. The predicted molar refractivity (Wildman–Crippen MR) is 101 cm³/mol. The number of thioether (sulfide) groups is 1. The van der Waals surface area contributed by atoms with Crippen molar-refractivity contribution in [3.8, 4) is 5.75 Å². The summed E-state index contributed by atoms with van der Waals surface area (Å²) in [5.74, 6) is 3.56. The lowest BCUT2D eigenvalue weighted by Gasteiger charge is -2.13. The molecule has 0 unspecified atom stereocenters. The Morgan fingerprint density at radius 2 is 2.26 bits per heavy atom. The number of methoxy groups -OCH3 is 1. The molecular weight excluding hydrogens is 310 g/mol. The third-order valence-corrected chi connectivity index (χ3v) is 3.82. The van der Waals surface area contributed by atoms with E-state index in [1.165, 1.54) is 0 Å². The average molecular weight is 337 g/mol. The second-order valence-corrected chi connectivity index (χ2v) is 5.86. The molecule has 0 radical (unpaired) electrons. The molecule has 0 spiro atoms. The van der Waals surface area contributed by atoms with Crippen LogP contribution in [0.5, 0.6) is 5.75 Å². The van der Waals surface area contributed by atoms with E-state index in [1.807, 2.05) is 42.1 Å². The van der Waals surface area contributed by atoms with E-state index in [4.69, 9.17) is 9.47 Å². The Morgan fingerprint density at radius 3 is 3.00 bits per heavy atom. The van der Waals surface area contributed by atoms with Crippen molar-refractivity contribution in [2.75, 3.05) is 50.7 Å². The number of nitrogens with zero attached hydrogens (tertiary/aromatic N) is 1. The van der Waals surface area contributed by atoms with Crippen LogP contribution in [0.1, 0.15) is 6.42 Å². The molecule has 1 rings (SSSR count). The number of benzene rings is 1. The summed E-state index contributed by atoms with van der Waals surface area (Å²) in [6.07, 6.45) is 2.79. The minimum atomic E-state index is 0.644. The lowest BCUT2D eigenvalue weighted by molar-refractivity contribution is 0.172. The van der Waals surface area contributed by atoms with Crippen molar-refractivity contribution in [3.63, 3.8) is 0 Å². The van der Waals surface area contributed by atoms with E-state index in [-0.39, 0.29) is 0 Å². The first-order valence-corrected chi connectivity index (χ1v) is 8.83. The molecule has 5 nitrogen and oxygen atoms in total. The van der Waals surface area contributed by atoms with Gasteiger partial charge in [0, 0.05) is 57.0 Å². The second kappa shape index (κ2) is 12.8. The number of hydrogen-bond acceptors (Lipinski definition) is 4. The zero-order valence-electron chi connectivity index (χ0n) is 14.0. The molecule has 1 aromatic carbocycles. The van der Waals surface area contributed by atoms with Gasteiger partial charge in [-0.05, 0) is 12.1 Å². The van der Waals surface area contributed by atoms with Gasteiger partial charge in [-0.3, -0.25) is 4.99 Å². The highest BCUT2D eigenvalue weighted by Gasteiger charge is 2.01. The zero-order valence-corrected chi connectivity index (χ0v) is 14.8. The Kier molecular flexibility index (Phi) is 10.8. The molecule has 128 valence electrons. The van der Waals surface area contributed by atoms with Gasteiger partial charge in [0.1, 0.15) is 5.75 Å². The molecule has 0 bridgehead atoms. The minimum Gasteiger partial charge on any atom is -0.493 e. The van der Waals surface area contributed by atoms with Crippen LogP contribution in [-0.2, 0) is 4.74 Å². The van der Waals surface area contributed by atoms with Crippen molar-refractivity contribution >= 4 is 23.4 Å². The highest BCUT2D eigenvalue weighted by Crippen LogP contribution is 2.17. The number of ether oxygens (including phenoxy) is 2. The first-order chi connectivity index (χ1) is 11.3. The summed E-state index contributed by atoms with van der Waals surface area (Å²) < 4.78 is 10.7. The summed E-state index contributed by atoms with van der Waals surface area (Å²) in [4.78, 5) is 4.22. The van der Waals surface area contributed by atoms with Crippen LogP contribution in [0.4, 0.5) is 5.69 Å². The molecule has 0 atom stereocenters. The summed E-state index contributed by atoms with van der Waals surface area (Å²) in [6, 6.07) is 7.86. The van der Waals surface area contributed by atoms with Crippen molar-refractivity contribution < 1.29 is 9.47 Å². The molecule has 23 heavy (non-hydrogen) atoms. The van der Waals surface area contributed by atoms with Crippen LogP contribution in [0, 0.1) is 0 Å². The monoisotopic (exact) mass is 337 g/mol. The zero-order chi connectivity index (χ0) is 16.8. The first-order valence-electron chi connectivity index (χ1n) is 7.68. The van der Waals surface area contributed by atoms with Crippen LogP contribution in [0.3, 0.4) is 0 Å². The van der Waals surface area contributed by atoms with Crippen LogP contribution in [0.25, 0.3) is 0 Å². The fraction of sp³-hybridized carbons (Fsp3) is 0.471. The van der Waals surface area contributed by atoms with Crippen LogP contribution >= 0.6 is 11.8 Å². The summed E-state index contributed by atoms with van der Waals surface area (Å²) in [7, 11) is 3.45. The minimum absolute atomic E-state index is 0.644. The Bertz CT molecular complexity index is 481. The summed E-state index contributed by atoms with van der Waals surface area (Å²) in [6.45, 7) is 5.91. The molecule has 2 N–H and O–H groups in total. The molecule has 0 aliphatic carbocycles. The number of aliphatic imine (C=N–C) groups is 1. The van der Waals surface area contributed by atoms with Gasteiger partial charge in [0.25, 0.3) is 0 Å². The van der Waals surface area contributed by atoms with E-state index in [2.05, 4.69) is 22.2 Å². The number of nitrogens with one attached hydrogen (secondary N) is 2. The Labute approximate surface area is 143 Å². The molecule has 1 aromatic rings. The predicted octanol–water partition coefficient (Wildman–Crippen LogP) is 3.01. The second-order valence-electron chi connectivity index (χ2n) is 4.71. The van der Waals surface area contributed by atoms with Crippen LogP contribution in [0.15, 0.2) is 41.9 Å². The van der Waals surface area contributed by atoms with Gasteiger partial charge in [0.15, 0.2) is 5.96 Å². The highest BCUT2D eigenvalue weighted by molar-refractivity contribution is 7.99. The Hall–Kier alpha value is -1.66. The molecule has 0 aromatic heterocycles. The van der Waals surface area contributed by atoms with Crippen molar-refractivity contribution in [1.29, 1.82) is 0 Å². The molecular formula is C17H27N3O2S. The standard InChI is InChI=1S/C17H27N3O2S/c1-4-12-23-13-9-19-17(18-2)20-15-7-5-8-16(14-15)22-11-6-10-21-3/h4-5,7-8,14H,1,6,9-13H2,2-3H3,(H2,18,19,20).